The predicted molar refractivity (Wildman–Crippen MR) is 116 cm³/mol. The lowest BCUT2D eigenvalue weighted by Crippen LogP contribution is -2.46. The molecule has 1 aliphatic heterocycles. The maximum absolute atomic E-state index is 13.0. The molecular weight excluding hydrogens is 446 g/mol. The zero-order chi connectivity index (χ0) is 18.2. The molecule has 1 fully saturated rings. The van der Waals surface area contributed by atoms with Crippen LogP contribution in [0.3, 0.4) is 0 Å². The summed E-state index contributed by atoms with van der Waals surface area (Å²) in [4.78, 5) is 9.22. The van der Waals surface area contributed by atoms with Crippen LogP contribution in [0.5, 0.6) is 0 Å². The van der Waals surface area contributed by atoms with Gasteiger partial charge in [0.1, 0.15) is 5.82 Å². The minimum absolute atomic E-state index is 0. The molecule has 0 amide bonds. The molecule has 0 radical (unpaired) electrons. The Bertz CT molecular complexity index is 555. The number of aliphatic imine (C=N–C) groups is 1. The van der Waals surface area contributed by atoms with E-state index in [-0.39, 0.29) is 36.3 Å². The Morgan fingerprint density at radius 3 is 2.69 bits per heavy atom. The van der Waals surface area contributed by atoms with Gasteiger partial charge in [0.15, 0.2) is 5.96 Å². The van der Waals surface area contributed by atoms with Crippen LogP contribution in [0.1, 0.15) is 38.4 Å². The largest absolute Gasteiger partial charge is 0.386 e. The van der Waals surface area contributed by atoms with E-state index < -0.39 is 6.10 Å². The molecule has 1 aromatic carbocycles. The summed E-state index contributed by atoms with van der Waals surface area (Å²) in [7, 11) is 2.04. The molecule has 148 valence electrons. The molecule has 1 saturated heterocycles. The number of guanidine groups is 1. The van der Waals surface area contributed by atoms with Crippen LogP contribution in [0.15, 0.2) is 29.3 Å². The van der Waals surface area contributed by atoms with Gasteiger partial charge in [0.05, 0.1) is 12.6 Å². The first-order valence-corrected chi connectivity index (χ1v) is 9.22. The van der Waals surface area contributed by atoms with E-state index in [1.54, 1.807) is 12.1 Å². The molecule has 5 nitrogen and oxygen atoms in total. The maximum Gasteiger partial charge on any atom is 0.193 e. The normalized spacial score (nSPS) is 19.1. The number of aliphatic hydroxyl groups is 1. The molecular formula is C19H32FIN4O. The predicted octanol–water partition coefficient (Wildman–Crippen LogP) is 2.86. The van der Waals surface area contributed by atoms with Crippen molar-refractivity contribution in [3.8, 4) is 0 Å². The van der Waals surface area contributed by atoms with Crippen LogP contribution in [0.2, 0.25) is 0 Å². The standard InChI is InChI=1S/C19H31FN4O.HI/c1-4-21-19(23(3)14-17-7-6-12-24(17)5-2)22-13-18(25)15-8-10-16(20)11-9-15;/h8-11,17-18,25H,4-7,12-14H2,1-3H3,(H,21,22);1H. The summed E-state index contributed by atoms with van der Waals surface area (Å²) < 4.78 is 13.0. The third kappa shape index (κ3) is 6.66. The van der Waals surface area contributed by atoms with Crippen LogP contribution in [-0.2, 0) is 0 Å². The number of likely N-dealkylation sites (tertiary alicyclic amines) is 1. The Balaban J connectivity index is 0.00000338. The number of halogens is 2. The van der Waals surface area contributed by atoms with Crippen LogP contribution in [0.25, 0.3) is 0 Å². The fourth-order valence-corrected chi connectivity index (χ4v) is 3.35. The van der Waals surface area contributed by atoms with Crippen LogP contribution in [0.4, 0.5) is 4.39 Å². The summed E-state index contributed by atoms with van der Waals surface area (Å²) in [6, 6.07) is 6.48. The van der Waals surface area contributed by atoms with Gasteiger partial charge in [0.2, 0.25) is 0 Å². The molecule has 0 aliphatic carbocycles. The van der Waals surface area contributed by atoms with Crippen molar-refractivity contribution in [2.24, 2.45) is 4.99 Å². The van der Waals surface area contributed by atoms with E-state index in [1.807, 2.05) is 14.0 Å². The molecule has 1 aromatic rings. The van der Waals surface area contributed by atoms with Crippen LogP contribution >= 0.6 is 24.0 Å². The Kier molecular flexibility index (Phi) is 10.4. The van der Waals surface area contributed by atoms with Gasteiger partial charge in [-0.2, -0.15) is 0 Å². The van der Waals surface area contributed by atoms with Gasteiger partial charge >= 0.3 is 0 Å². The Morgan fingerprint density at radius 2 is 2.08 bits per heavy atom. The molecule has 0 aromatic heterocycles. The third-order valence-corrected chi connectivity index (χ3v) is 4.76. The van der Waals surface area contributed by atoms with Crippen molar-refractivity contribution in [1.82, 2.24) is 15.1 Å². The second-order valence-electron chi connectivity index (χ2n) is 6.57. The monoisotopic (exact) mass is 478 g/mol. The highest BCUT2D eigenvalue weighted by Gasteiger charge is 2.25. The van der Waals surface area contributed by atoms with E-state index in [0.717, 1.165) is 25.6 Å². The van der Waals surface area contributed by atoms with Crippen molar-refractivity contribution in [3.63, 3.8) is 0 Å². The average Bonchev–Trinajstić information content (AvgIpc) is 3.05. The van der Waals surface area contributed by atoms with E-state index in [4.69, 9.17) is 0 Å². The van der Waals surface area contributed by atoms with Gasteiger partial charge in [-0.25, -0.2) is 4.39 Å². The van der Waals surface area contributed by atoms with Gasteiger partial charge < -0.3 is 15.3 Å². The Labute approximate surface area is 173 Å². The highest BCUT2D eigenvalue weighted by atomic mass is 127. The topological polar surface area (TPSA) is 51.1 Å². The van der Waals surface area contributed by atoms with Gasteiger partial charge in [-0.15, -0.1) is 24.0 Å². The lowest BCUT2D eigenvalue weighted by molar-refractivity contribution is 0.186. The van der Waals surface area contributed by atoms with Gasteiger partial charge in [-0.3, -0.25) is 9.89 Å². The molecule has 2 N–H and O–H groups in total. The number of hydrogen-bond acceptors (Lipinski definition) is 3. The molecule has 2 rings (SSSR count). The maximum atomic E-state index is 13.0. The van der Waals surface area contributed by atoms with Crippen molar-refractivity contribution in [2.45, 2.75) is 38.8 Å². The Hall–Kier alpha value is -0.930. The summed E-state index contributed by atoms with van der Waals surface area (Å²) >= 11 is 0. The second-order valence-corrected chi connectivity index (χ2v) is 6.57. The first-order valence-electron chi connectivity index (χ1n) is 9.22. The molecule has 2 unspecified atom stereocenters. The van der Waals surface area contributed by atoms with Gasteiger partial charge in [-0.05, 0) is 50.6 Å². The molecule has 0 bridgehead atoms. The fourth-order valence-electron chi connectivity index (χ4n) is 3.35. The lowest BCUT2D eigenvalue weighted by atomic mass is 10.1. The summed E-state index contributed by atoms with van der Waals surface area (Å²) in [5, 5.41) is 13.6. The van der Waals surface area contributed by atoms with Gasteiger partial charge in [0, 0.05) is 26.2 Å². The first kappa shape index (κ1) is 23.1. The summed E-state index contributed by atoms with van der Waals surface area (Å²) in [5.74, 6) is 0.496. The van der Waals surface area contributed by atoms with Crippen molar-refractivity contribution in [1.29, 1.82) is 0 Å². The third-order valence-electron chi connectivity index (χ3n) is 4.76. The van der Waals surface area contributed by atoms with E-state index in [0.29, 0.717) is 11.6 Å². The van der Waals surface area contributed by atoms with Crippen molar-refractivity contribution >= 4 is 29.9 Å². The second kappa shape index (κ2) is 11.7. The molecule has 26 heavy (non-hydrogen) atoms. The average molecular weight is 478 g/mol. The van der Waals surface area contributed by atoms with E-state index in [1.165, 1.54) is 31.5 Å². The molecule has 2 atom stereocenters. The highest BCUT2D eigenvalue weighted by molar-refractivity contribution is 14.0. The number of nitrogens with zero attached hydrogens (tertiary/aromatic N) is 3. The number of rotatable bonds is 7. The van der Waals surface area contributed by atoms with Crippen LogP contribution in [0, 0.1) is 5.82 Å². The fraction of sp³-hybridized carbons (Fsp3) is 0.632. The summed E-state index contributed by atoms with van der Waals surface area (Å²) in [5.41, 5.74) is 0.677. The smallest absolute Gasteiger partial charge is 0.193 e. The minimum atomic E-state index is -0.735. The number of benzene rings is 1. The molecule has 7 heteroatoms. The highest BCUT2D eigenvalue weighted by Crippen LogP contribution is 2.18. The van der Waals surface area contributed by atoms with Crippen LogP contribution in [-0.4, -0.2) is 66.7 Å². The number of nitrogens with one attached hydrogen (secondary N) is 1. The van der Waals surface area contributed by atoms with Crippen LogP contribution < -0.4 is 5.32 Å². The number of likely N-dealkylation sites (N-methyl/N-ethyl adjacent to an activating group) is 2. The summed E-state index contributed by atoms with van der Waals surface area (Å²) in [6.45, 7) is 8.44. The van der Waals surface area contributed by atoms with Gasteiger partial charge in [0.25, 0.3) is 0 Å². The van der Waals surface area contributed by atoms with E-state index in [2.05, 4.69) is 27.0 Å². The zero-order valence-corrected chi connectivity index (χ0v) is 18.3. The molecule has 1 aliphatic rings. The molecule has 0 saturated carbocycles. The van der Waals surface area contributed by atoms with Crippen molar-refractivity contribution < 1.29 is 9.50 Å². The van der Waals surface area contributed by atoms with Gasteiger partial charge in [-0.1, -0.05) is 19.1 Å². The van der Waals surface area contributed by atoms with Crippen molar-refractivity contribution in [2.75, 3.05) is 39.8 Å². The lowest BCUT2D eigenvalue weighted by Gasteiger charge is -2.30. The van der Waals surface area contributed by atoms with Crippen molar-refractivity contribution in [3.05, 3.63) is 35.6 Å². The number of hydrogen-bond donors (Lipinski definition) is 2. The van der Waals surface area contributed by atoms with E-state index in [9.17, 15) is 9.50 Å². The molecule has 0 spiro atoms. The quantitative estimate of drug-likeness (QED) is 0.360. The minimum Gasteiger partial charge on any atom is -0.386 e. The van der Waals surface area contributed by atoms with E-state index >= 15 is 0 Å². The summed E-state index contributed by atoms with van der Waals surface area (Å²) in [6.07, 6.45) is 1.74. The SMILES string of the molecule is CCNC(=NCC(O)c1ccc(F)cc1)N(C)CC1CCCN1CC.I. The Morgan fingerprint density at radius 1 is 1.38 bits per heavy atom. The number of aliphatic hydroxyl groups excluding tert-OH is 1. The molecule has 1 heterocycles. The zero-order valence-electron chi connectivity index (χ0n) is 16.0. The first-order chi connectivity index (χ1) is 12.0.